The fraction of sp³-hybridized carbons (Fsp3) is 0.471. The Hall–Kier alpha value is -1.75. The van der Waals surface area contributed by atoms with Crippen molar-refractivity contribution in [2.75, 3.05) is 13.6 Å². The smallest absolute Gasteiger partial charge is 0.191 e. The number of halogens is 2. The van der Waals surface area contributed by atoms with Crippen molar-refractivity contribution in [3.63, 3.8) is 0 Å². The Labute approximate surface area is 169 Å². The molecule has 0 aliphatic carbocycles. The van der Waals surface area contributed by atoms with E-state index in [9.17, 15) is 9.50 Å². The molecule has 9 heteroatoms. The number of hydrogen-bond acceptors (Lipinski definition) is 4. The van der Waals surface area contributed by atoms with Crippen molar-refractivity contribution < 1.29 is 9.50 Å². The summed E-state index contributed by atoms with van der Waals surface area (Å²) in [6.45, 7) is 2.91. The number of aromatic nitrogens is 3. The Kier molecular flexibility index (Phi) is 7.33. The van der Waals surface area contributed by atoms with Gasteiger partial charge in [0.1, 0.15) is 17.5 Å². The monoisotopic (exact) mass is 474 g/mol. The van der Waals surface area contributed by atoms with Crippen LogP contribution in [0.1, 0.15) is 29.7 Å². The minimum atomic E-state index is -0.741. The van der Waals surface area contributed by atoms with Gasteiger partial charge < -0.3 is 15.7 Å². The highest BCUT2D eigenvalue weighted by Crippen LogP contribution is 2.14. The number of guanidine groups is 1. The molecule has 1 aromatic carbocycles. The molecule has 26 heavy (non-hydrogen) atoms. The summed E-state index contributed by atoms with van der Waals surface area (Å²) < 4.78 is 14.9. The van der Waals surface area contributed by atoms with Gasteiger partial charge in [-0.2, -0.15) is 5.10 Å². The first-order valence-corrected chi connectivity index (χ1v) is 8.36. The zero-order valence-electron chi connectivity index (χ0n) is 14.8. The number of aliphatic hydroxyl groups is 1. The summed E-state index contributed by atoms with van der Waals surface area (Å²) in [6, 6.07) is 6.03. The van der Waals surface area contributed by atoms with E-state index in [1.165, 1.54) is 12.1 Å². The number of benzene rings is 1. The van der Waals surface area contributed by atoms with E-state index in [0.29, 0.717) is 11.5 Å². The van der Waals surface area contributed by atoms with Gasteiger partial charge in [-0.25, -0.2) is 14.1 Å². The topological polar surface area (TPSA) is 87.4 Å². The van der Waals surface area contributed by atoms with Crippen LogP contribution >= 0.6 is 24.0 Å². The Morgan fingerprint density at radius 1 is 1.42 bits per heavy atom. The van der Waals surface area contributed by atoms with Gasteiger partial charge in [-0.1, -0.05) is 12.1 Å². The summed E-state index contributed by atoms with van der Waals surface area (Å²) in [7, 11) is 1.69. The van der Waals surface area contributed by atoms with Gasteiger partial charge in [0.2, 0.25) is 0 Å². The molecule has 2 atom stereocenters. The van der Waals surface area contributed by atoms with E-state index in [0.717, 1.165) is 31.0 Å². The van der Waals surface area contributed by atoms with Crippen LogP contribution in [0.15, 0.2) is 29.3 Å². The lowest BCUT2D eigenvalue weighted by molar-refractivity contribution is 0.180. The van der Waals surface area contributed by atoms with Crippen molar-refractivity contribution in [2.24, 2.45) is 4.99 Å². The van der Waals surface area contributed by atoms with Crippen molar-refractivity contribution in [2.45, 2.75) is 38.5 Å². The van der Waals surface area contributed by atoms with E-state index in [4.69, 9.17) is 0 Å². The van der Waals surface area contributed by atoms with Gasteiger partial charge in [-0.3, -0.25) is 4.99 Å². The summed E-state index contributed by atoms with van der Waals surface area (Å²) >= 11 is 0. The molecule has 0 saturated heterocycles. The maximum Gasteiger partial charge on any atom is 0.191 e. The molecular formula is C17H24FIN6O. The third-order valence-corrected chi connectivity index (χ3v) is 4.25. The molecule has 2 unspecified atom stereocenters. The van der Waals surface area contributed by atoms with Gasteiger partial charge in [0.05, 0.1) is 12.6 Å². The molecule has 7 nitrogen and oxygen atoms in total. The largest absolute Gasteiger partial charge is 0.387 e. The van der Waals surface area contributed by atoms with Crippen LogP contribution in [0.5, 0.6) is 0 Å². The number of nitrogens with one attached hydrogen (secondary N) is 2. The minimum Gasteiger partial charge on any atom is -0.387 e. The van der Waals surface area contributed by atoms with Gasteiger partial charge >= 0.3 is 0 Å². The fourth-order valence-corrected chi connectivity index (χ4v) is 2.94. The zero-order chi connectivity index (χ0) is 17.8. The Bertz CT molecular complexity index is 748. The van der Waals surface area contributed by atoms with Crippen molar-refractivity contribution in [1.82, 2.24) is 25.4 Å². The second kappa shape index (κ2) is 9.26. The Morgan fingerprint density at radius 2 is 2.15 bits per heavy atom. The van der Waals surface area contributed by atoms with Crippen LogP contribution < -0.4 is 10.6 Å². The summed E-state index contributed by atoms with van der Waals surface area (Å²) in [5.74, 6) is 2.11. The predicted octanol–water partition coefficient (Wildman–Crippen LogP) is 1.56. The highest BCUT2D eigenvalue weighted by Gasteiger charge is 2.21. The molecule has 3 rings (SSSR count). The van der Waals surface area contributed by atoms with Gasteiger partial charge in [-0.15, -0.1) is 24.0 Å². The van der Waals surface area contributed by atoms with E-state index < -0.39 is 6.10 Å². The molecule has 0 fully saturated rings. The lowest BCUT2D eigenvalue weighted by Crippen LogP contribution is -2.47. The molecular weight excluding hydrogens is 450 g/mol. The number of aliphatic imine (C=N–C) groups is 1. The van der Waals surface area contributed by atoms with Crippen LogP contribution in [0.3, 0.4) is 0 Å². The molecule has 0 bridgehead atoms. The number of aliphatic hydroxyl groups excluding tert-OH is 1. The predicted molar refractivity (Wildman–Crippen MR) is 108 cm³/mol. The van der Waals surface area contributed by atoms with E-state index in [2.05, 4.69) is 25.7 Å². The number of fused-ring (bicyclic) bond motifs is 1. The summed E-state index contributed by atoms with van der Waals surface area (Å²) in [5.41, 5.74) is 0.657. The first kappa shape index (κ1) is 20.6. The summed E-state index contributed by atoms with van der Waals surface area (Å²) in [6.07, 6.45) is 1.07. The van der Waals surface area contributed by atoms with E-state index in [-0.39, 0.29) is 42.4 Å². The molecule has 1 aliphatic heterocycles. The second-order valence-electron chi connectivity index (χ2n) is 6.16. The normalized spacial score (nSPS) is 17.8. The lowest BCUT2D eigenvalue weighted by atomic mass is 10.1. The van der Waals surface area contributed by atoms with Crippen molar-refractivity contribution >= 4 is 29.9 Å². The van der Waals surface area contributed by atoms with Crippen LogP contribution in [-0.4, -0.2) is 45.5 Å². The van der Waals surface area contributed by atoms with Crippen molar-refractivity contribution in [1.29, 1.82) is 0 Å². The first-order chi connectivity index (χ1) is 12.0. The third kappa shape index (κ3) is 5.13. The van der Waals surface area contributed by atoms with Crippen molar-refractivity contribution in [3.05, 3.63) is 47.3 Å². The number of aryl methyl sites for hydroxylation is 2. The average Bonchev–Trinajstić information content (AvgIpc) is 2.98. The van der Waals surface area contributed by atoms with Gasteiger partial charge in [0.25, 0.3) is 0 Å². The number of nitrogens with zero attached hydrogens (tertiary/aromatic N) is 4. The van der Waals surface area contributed by atoms with Crippen LogP contribution in [-0.2, 0) is 13.0 Å². The van der Waals surface area contributed by atoms with E-state index >= 15 is 0 Å². The lowest BCUT2D eigenvalue weighted by Gasteiger charge is -2.25. The molecule has 0 spiro atoms. The molecule has 0 radical (unpaired) electrons. The third-order valence-electron chi connectivity index (χ3n) is 4.25. The maximum absolute atomic E-state index is 12.9. The number of rotatable bonds is 4. The summed E-state index contributed by atoms with van der Waals surface area (Å²) in [4.78, 5) is 8.60. The van der Waals surface area contributed by atoms with E-state index in [1.54, 1.807) is 19.2 Å². The van der Waals surface area contributed by atoms with Crippen molar-refractivity contribution in [3.8, 4) is 0 Å². The van der Waals surface area contributed by atoms with Crippen LogP contribution in [0, 0.1) is 12.7 Å². The molecule has 1 aliphatic rings. The van der Waals surface area contributed by atoms with Gasteiger partial charge in [-0.05, 0) is 31.0 Å². The van der Waals surface area contributed by atoms with Gasteiger partial charge in [0, 0.05) is 26.1 Å². The molecule has 3 N–H and O–H groups in total. The molecule has 2 aromatic rings. The second-order valence-corrected chi connectivity index (χ2v) is 6.16. The highest BCUT2D eigenvalue weighted by atomic mass is 127. The standard InChI is InChI=1S/C17H23FN6O.HI/c1-11-21-16-8-7-14(10-24(16)23-11)22-17(19-2)20-9-15(25)12-3-5-13(18)6-4-12;/h3-6,14-15,25H,7-10H2,1-2H3,(H2,19,20,22);1H. The molecule has 0 saturated carbocycles. The number of hydrogen-bond donors (Lipinski definition) is 3. The molecule has 1 aromatic heterocycles. The molecule has 0 amide bonds. The minimum absolute atomic E-state index is 0. The highest BCUT2D eigenvalue weighted by molar-refractivity contribution is 14.0. The summed E-state index contributed by atoms with van der Waals surface area (Å²) in [5, 5.41) is 21.1. The molecule has 2 heterocycles. The average molecular weight is 474 g/mol. The first-order valence-electron chi connectivity index (χ1n) is 8.36. The Morgan fingerprint density at radius 3 is 2.85 bits per heavy atom. The zero-order valence-corrected chi connectivity index (χ0v) is 17.1. The van der Waals surface area contributed by atoms with E-state index in [1.807, 2.05) is 11.6 Å². The quantitative estimate of drug-likeness (QED) is 0.356. The molecule has 142 valence electrons. The SMILES string of the molecule is CN=C(NCC(O)c1ccc(F)cc1)NC1CCc2nc(C)nn2C1.I. The van der Waals surface area contributed by atoms with Crippen LogP contribution in [0.2, 0.25) is 0 Å². The fourth-order valence-electron chi connectivity index (χ4n) is 2.94. The maximum atomic E-state index is 12.9. The van der Waals surface area contributed by atoms with Gasteiger partial charge in [0.15, 0.2) is 5.96 Å². The van der Waals surface area contributed by atoms with Crippen LogP contribution in [0.25, 0.3) is 0 Å². The van der Waals surface area contributed by atoms with Crippen LogP contribution in [0.4, 0.5) is 4.39 Å². The Balaban J connectivity index is 0.00000243.